The van der Waals surface area contributed by atoms with Gasteiger partial charge in [0.05, 0.1) is 6.26 Å². The van der Waals surface area contributed by atoms with E-state index in [9.17, 15) is 13.2 Å². The average molecular weight is 352 g/mol. The van der Waals surface area contributed by atoms with Crippen molar-refractivity contribution in [1.82, 2.24) is 20.2 Å². The van der Waals surface area contributed by atoms with Crippen molar-refractivity contribution in [2.75, 3.05) is 12.8 Å². The van der Waals surface area contributed by atoms with Gasteiger partial charge in [-0.25, -0.2) is 13.1 Å². The number of aryl methyl sites for hydroxylation is 1. The van der Waals surface area contributed by atoms with Gasteiger partial charge >= 0.3 is 0 Å². The lowest BCUT2D eigenvalue weighted by atomic mass is 10.1. The summed E-state index contributed by atoms with van der Waals surface area (Å²) in [6.07, 6.45) is 1.06. The standard InChI is InChI=1S/C15H20N4O4S/c1-10-5-4-6-12(9-10)14-18-15(23-19-14)11(2)17-13(20)7-8-16-24(3,21)22/h4-6,9,11,16H,7-8H2,1-3H3,(H,17,20). The van der Waals surface area contributed by atoms with E-state index in [2.05, 4.69) is 20.2 Å². The molecular weight excluding hydrogens is 332 g/mol. The fourth-order valence-electron chi connectivity index (χ4n) is 2.04. The Labute approximate surface area is 140 Å². The van der Waals surface area contributed by atoms with Crippen LogP contribution in [0.1, 0.15) is 30.8 Å². The van der Waals surface area contributed by atoms with Crippen LogP contribution in [0.5, 0.6) is 0 Å². The van der Waals surface area contributed by atoms with Crippen LogP contribution in [-0.2, 0) is 14.8 Å². The van der Waals surface area contributed by atoms with Gasteiger partial charge in [0.25, 0.3) is 0 Å². The summed E-state index contributed by atoms with van der Waals surface area (Å²) >= 11 is 0. The SMILES string of the molecule is Cc1cccc(-c2noc(C(C)NC(=O)CCNS(C)(=O)=O)n2)c1. The summed E-state index contributed by atoms with van der Waals surface area (Å²) in [7, 11) is -3.30. The first-order valence-corrected chi connectivity index (χ1v) is 9.28. The highest BCUT2D eigenvalue weighted by Gasteiger charge is 2.17. The number of hydrogen-bond acceptors (Lipinski definition) is 6. The van der Waals surface area contributed by atoms with Gasteiger partial charge < -0.3 is 9.84 Å². The van der Waals surface area contributed by atoms with Gasteiger partial charge in [-0.1, -0.05) is 28.9 Å². The summed E-state index contributed by atoms with van der Waals surface area (Å²) in [6.45, 7) is 3.73. The summed E-state index contributed by atoms with van der Waals surface area (Å²) in [4.78, 5) is 16.1. The Morgan fingerprint density at radius 2 is 2.12 bits per heavy atom. The second kappa shape index (κ2) is 7.54. The molecule has 9 heteroatoms. The molecule has 8 nitrogen and oxygen atoms in total. The Hall–Kier alpha value is -2.26. The first-order valence-electron chi connectivity index (χ1n) is 7.39. The molecule has 1 heterocycles. The Morgan fingerprint density at radius 3 is 2.79 bits per heavy atom. The lowest BCUT2D eigenvalue weighted by molar-refractivity contribution is -0.121. The van der Waals surface area contributed by atoms with Crippen LogP contribution in [0.3, 0.4) is 0 Å². The average Bonchev–Trinajstić information content (AvgIpc) is 2.95. The van der Waals surface area contributed by atoms with E-state index < -0.39 is 16.1 Å². The molecule has 1 unspecified atom stereocenters. The van der Waals surface area contributed by atoms with Crippen molar-refractivity contribution in [2.45, 2.75) is 26.3 Å². The van der Waals surface area contributed by atoms with Gasteiger partial charge in [-0.05, 0) is 19.9 Å². The van der Waals surface area contributed by atoms with Crippen molar-refractivity contribution in [1.29, 1.82) is 0 Å². The Bertz CT molecular complexity index is 816. The number of benzene rings is 1. The Morgan fingerprint density at radius 1 is 1.38 bits per heavy atom. The van der Waals surface area contributed by atoms with Crippen LogP contribution in [-0.4, -0.2) is 37.3 Å². The lowest BCUT2D eigenvalue weighted by Crippen LogP contribution is -2.31. The molecule has 0 saturated heterocycles. The third-order valence-corrected chi connectivity index (χ3v) is 3.91. The zero-order valence-electron chi connectivity index (χ0n) is 13.7. The van der Waals surface area contributed by atoms with E-state index in [1.165, 1.54) is 0 Å². The van der Waals surface area contributed by atoms with Crippen molar-refractivity contribution in [3.8, 4) is 11.4 Å². The summed E-state index contributed by atoms with van der Waals surface area (Å²) in [5, 5.41) is 6.61. The van der Waals surface area contributed by atoms with Crippen molar-refractivity contribution >= 4 is 15.9 Å². The van der Waals surface area contributed by atoms with Crippen LogP contribution >= 0.6 is 0 Å². The number of carbonyl (C=O) groups is 1. The van der Waals surface area contributed by atoms with Gasteiger partial charge in [-0.2, -0.15) is 4.98 Å². The van der Waals surface area contributed by atoms with Crippen LogP contribution < -0.4 is 10.0 Å². The van der Waals surface area contributed by atoms with E-state index in [1.807, 2.05) is 31.2 Å². The highest BCUT2D eigenvalue weighted by atomic mass is 32.2. The molecule has 0 aliphatic heterocycles. The monoisotopic (exact) mass is 352 g/mol. The summed E-state index contributed by atoms with van der Waals surface area (Å²) in [5.41, 5.74) is 1.92. The molecule has 1 amide bonds. The molecule has 1 atom stereocenters. The first kappa shape index (κ1) is 18.1. The second-order valence-electron chi connectivity index (χ2n) is 5.53. The largest absolute Gasteiger partial charge is 0.345 e. The van der Waals surface area contributed by atoms with Gasteiger partial charge in [0.15, 0.2) is 0 Å². The fourth-order valence-corrected chi connectivity index (χ4v) is 2.51. The molecular formula is C15H20N4O4S. The summed E-state index contributed by atoms with van der Waals surface area (Å²) in [6, 6.07) is 7.22. The maximum Gasteiger partial charge on any atom is 0.249 e. The fraction of sp³-hybridized carbons (Fsp3) is 0.400. The molecule has 2 rings (SSSR count). The van der Waals surface area contributed by atoms with E-state index in [-0.39, 0.29) is 24.8 Å². The van der Waals surface area contributed by atoms with Gasteiger partial charge in [-0.15, -0.1) is 0 Å². The number of rotatable bonds is 7. The molecule has 0 aliphatic rings. The Balaban J connectivity index is 1.93. The van der Waals surface area contributed by atoms with Crippen LogP contribution in [0.25, 0.3) is 11.4 Å². The summed E-state index contributed by atoms with van der Waals surface area (Å²) in [5.74, 6) is 0.429. The van der Waals surface area contributed by atoms with Gasteiger partial charge in [0.1, 0.15) is 6.04 Å². The molecule has 0 bridgehead atoms. The molecule has 130 valence electrons. The number of aromatic nitrogens is 2. The quantitative estimate of drug-likeness (QED) is 0.773. The molecule has 0 spiro atoms. The third-order valence-electron chi connectivity index (χ3n) is 3.18. The predicted molar refractivity (Wildman–Crippen MR) is 88.5 cm³/mol. The first-order chi connectivity index (χ1) is 11.2. The topological polar surface area (TPSA) is 114 Å². The molecule has 0 saturated carbocycles. The third kappa shape index (κ3) is 5.43. The number of sulfonamides is 1. The molecule has 2 N–H and O–H groups in total. The molecule has 0 fully saturated rings. The van der Waals surface area contributed by atoms with Crippen molar-refractivity contribution < 1.29 is 17.7 Å². The maximum atomic E-state index is 11.8. The lowest BCUT2D eigenvalue weighted by Gasteiger charge is -2.09. The van der Waals surface area contributed by atoms with Crippen LogP contribution in [0.15, 0.2) is 28.8 Å². The van der Waals surface area contributed by atoms with Crippen LogP contribution in [0.2, 0.25) is 0 Å². The smallest absolute Gasteiger partial charge is 0.249 e. The number of hydrogen-bond donors (Lipinski definition) is 2. The predicted octanol–water partition coefficient (Wildman–Crippen LogP) is 1.16. The zero-order chi connectivity index (χ0) is 17.7. The molecule has 1 aromatic carbocycles. The number of amides is 1. The van der Waals surface area contributed by atoms with Gasteiger partial charge in [0.2, 0.25) is 27.6 Å². The van der Waals surface area contributed by atoms with Gasteiger partial charge in [0, 0.05) is 18.5 Å². The molecule has 0 aliphatic carbocycles. The summed E-state index contributed by atoms with van der Waals surface area (Å²) < 4.78 is 29.3. The van der Waals surface area contributed by atoms with Crippen molar-refractivity contribution in [2.24, 2.45) is 0 Å². The van der Waals surface area contributed by atoms with E-state index in [0.717, 1.165) is 17.4 Å². The van der Waals surface area contributed by atoms with E-state index in [4.69, 9.17) is 4.52 Å². The van der Waals surface area contributed by atoms with E-state index in [0.29, 0.717) is 5.82 Å². The number of carbonyl (C=O) groups excluding carboxylic acids is 1. The molecule has 0 radical (unpaired) electrons. The maximum absolute atomic E-state index is 11.8. The van der Waals surface area contributed by atoms with Crippen LogP contribution in [0.4, 0.5) is 0 Å². The van der Waals surface area contributed by atoms with Crippen molar-refractivity contribution in [3.63, 3.8) is 0 Å². The zero-order valence-corrected chi connectivity index (χ0v) is 14.6. The molecule has 2 aromatic rings. The Kier molecular flexibility index (Phi) is 5.68. The molecule has 1 aromatic heterocycles. The van der Waals surface area contributed by atoms with Crippen molar-refractivity contribution in [3.05, 3.63) is 35.7 Å². The minimum atomic E-state index is -3.30. The minimum absolute atomic E-state index is 0.0241. The second-order valence-corrected chi connectivity index (χ2v) is 7.36. The normalized spacial score (nSPS) is 12.8. The highest BCUT2D eigenvalue weighted by molar-refractivity contribution is 7.88. The van der Waals surface area contributed by atoms with Crippen LogP contribution in [0, 0.1) is 6.92 Å². The van der Waals surface area contributed by atoms with E-state index in [1.54, 1.807) is 6.92 Å². The van der Waals surface area contributed by atoms with Gasteiger partial charge in [-0.3, -0.25) is 4.79 Å². The molecule has 24 heavy (non-hydrogen) atoms. The van der Waals surface area contributed by atoms with E-state index >= 15 is 0 Å². The highest BCUT2D eigenvalue weighted by Crippen LogP contribution is 2.19. The minimum Gasteiger partial charge on any atom is -0.345 e. The number of nitrogens with one attached hydrogen (secondary N) is 2. The number of nitrogens with zero attached hydrogens (tertiary/aromatic N) is 2.